The molecule has 1 aliphatic heterocycles. The second-order valence-corrected chi connectivity index (χ2v) is 5.68. The van der Waals surface area contributed by atoms with Crippen LogP contribution in [0.2, 0.25) is 0 Å². The van der Waals surface area contributed by atoms with Gasteiger partial charge in [0.05, 0.1) is 34.2 Å². The molecule has 1 aliphatic rings. The van der Waals surface area contributed by atoms with Crippen molar-refractivity contribution in [1.29, 1.82) is 0 Å². The summed E-state index contributed by atoms with van der Waals surface area (Å²) in [6.07, 6.45) is 0.255. The maximum atomic E-state index is 9.96. The zero-order chi connectivity index (χ0) is 18.7. The van der Waals surface area contributed by atoms with Gasteiger partial charge in [0.25, 0.3) is 0 Å². The molecule has 0 radical (unpaired) electrons. The Bertz CT molecular complexity index is 808. The minimum Gasteiger partial charge on any atom is -0.504 e. The van der Waals surface area contributed by atoms with Crippen molar-refractivity contribution in [3.8, 4) is 28.7 Å². The SMILES string of the molecule is COc1ccc(C2CC(c3cc(OC)c(OC)c(OC)c3)=NO2)cc1O. The van der Waals surface area contributed by atoms with Crippen molar-refractivity contribution in [3.63, 3.8) is 0 Å². The lowest BCUT2D eigenvalue weighted by Gasteiger charge is -2.14. The molecular weight excluding hydrogens is 338 g/mol. The highest BCUT2D eigenvalue weighted by Gasteiger charge is 2.26. The van der Waals surface area contributed by atoms with Crippen molar-refractivity contribution in [2.75, 3.05) is 28.4 Å². The molecule has 138 valence electrons. The highest BCUT2D eigenvalue weighted by Crippen LogP contribution is 2.40. The second-order valence-electron chi connectivity index (χ2n) is 5.68. The van der Waals surface area contributed by atoms with Crippen LogP contribution >= 0.6 is 0 Å². The molecule has 0 fully saturated rings. The van der Waals surface area contributed by atoms with Crippen LogP contribution in [0, 0.1) is 0 Å². The van der Waals surface area contributed by atoms with Crippen LogP contribution in [0.4, 0.5) is 0 Å². The van der Waals surface area contributed by atoms with Crippen LogP contribution in [-0.4, -0.2) is 39.3 Å². The quantitative estimate of drug-likeness (QED) is 0.853. The first-order chi connectivity index (χ1) is 12.6. The third-order valence-corrected chi connectivity index (χ3v) is 4.24. The van der Waals surface area contributed by atoms with Crippen molar-refractivity contribution in [2.24, 2.45) is 5.16 Å². The van der Waals surface area contributed by atoms with E-state index in [0.29, 0.717) is 29.4 Å². The molecule has 0 bridgehead atoms. The Morgan fingerprint density at radius 2 is 1.58 bits per heavy atom. The Morgan fingerprint density at radius 1 is 0.923 bits per heavy atom. The Kier molecular flexibility index (Phi) is 5.06. The van der Waals surface area contributed by atoms with E-state index in [1.54, 1.807) is 33.5 Å². The Morgan fingerprint density at radius 3 is 2.12 bits per heavy atom. The molecule has 7 heteroatoms. The fraction of sp³-hybridized carbons (Fsp3) is 0.316. The summed E-state index contributed by atoms with van der Waals surface area (Å²) in [5.74, 6) is 2.10. The number of oxime groups is 1. The van der Waals surface area contributed by atoms with Gasteiger partial charge >= 0.3 is 0 Å². The Balaban J connectivity index is 1.85. The number of ether oxygens (including phenoxy) is 4. The molecular formula is C19H21NO6. The van der Waals surface area contributed by atoms with Crippen LogP contribution in [0.3, 0.4) is 0 Å². The van der Waals surface area contributed by atoms with E-state index >= 15 is 0 Å². The summed E-state index contributed by atoms with van der Waals surface area (Å²) in [7, 11) is 6.20. The number of methoxy groups -OCH3 is 4. The zero-order valence-corrected chi connectivity index (χ0v) is 15.1. The predicted octanol–water partition coefficient (Wildman–Crippen LogP) is 3.29. The topological polar surface area (TPSA) is 78.7 Å². The lowest BCUT2D eigenvalue weighted by Crippen LogP contribution is -2.04. The van der Waals surface area contributed by atoms with E-state index in [1.165, 1.54) is 7.11 Å². The summed E-state index contributed by atoms with van der Waals surface area (Å²) in [6, 6.07) is 8.83. The summed E-state index contributed by atoms with van der Waals surface area (Å²) >= 11 is 0. The molecule has 0 saturated heterocycles. The van der Waals surface area contributed by atoms with Crippen molar-refractivity contribution < 1.29 is 28.9 Å². The summed E-state index contributed by atoms with van der Waals surface area (Å²) in [5.41, 5.74) is 2.39. The van der Waals surface area contributed by atoms with Gasteiger partial charge in [0.1, 0.15) is 0 Å². The van der Waals surface area contributed by atoms with E-state index in [0.717, 1.165) is 16.8 Å². The minimum atomic E-state index is -0.291. The number of phenolic OH excluding ortho intramolecular Hbond substituents is 1. The van der Waals surface area contributed by atoms with Gasteiger partial charge in [-0.2, -0.15) is 0 Å². The molecule has 26 heavy (non-hydrogen) atoms. The Labute approximate surface area is 151 Å². The maximum absolute atomic E-state index is 9.96. The summed E-state index contributed by atoms with van der Waals surface area (Å²) in [4.78, 5) is 5.56. The first-order valence-electron chi connectivity index (χ1n) is 8.01. The molecule has 3 rings (SSSR count). The smallest absolute Gasteiger partial charge is 0.203 e. The average Bonchev–Trinajstić information content (AvgIpc) is 3.16. The van der Waals surface area contributed by atoms with Crippen molar-refractivity contribution in [1.82, 2.24) is 0 Å². The van der Waals surface area contributed by atoms with Gasteiger partial charge in [0.2, 0.25) is 5.75 Å². The molecule has 1 atom stereocenters. The molecule has 2 aromatic rings. The molecule has 1 unspecified atom stereocenters. The number of rotatable bonds is 6. The summed E-state index contributed by atoms with van der Waals surface area (Å²) < 4.78 is 21.2. The van der Waals surface area contributed by atoms with E-state index < -0.39 is 0 Å². The molecule has 0 saturated carbocycles. The molecule has 0 amide bonds. The largest absolute Gasteiger partial charge is 0.504 e. The van der Waals surface area contributed by atoms with E-state index in [1.807, 2.05) is 18.2 Å². The van der Waals surface area contributed by atoms with Crippen molar-refractivity contribution in [2.45, 2.75) is 12.5 Å². The molecule has 7 nitrogen and oxygen atoms in total. The van der Waals surface area contributed by atoms with Gasteiger partial charge in [0, 0.05) is 12.0 Å². The zero-order valence-electron chi connectivity index (χ0n) is 15.1. The van der Waals surface area contributed by atoms with E-state index in [-0.39, 0.29) is 11.9 Å². The third kappa shape index (κ3) is 3.20. The van der Waals surface area contributed by atoms with Gasteiger partial charge in [-0.3, -0.25) is 0 Å². The molecule has 1 N–H and O–H groups in total. The highest BCUT2D eigenvalue weighted by atomic mass is 16.6. The van der Waals surface area contributed by atoms with Gasteiger partial charge < -0.3 is 28.9 Å². The van der Waals surface area contributed by atoms with E-state index in [4.69, 9.17) is 23.8 Å². The van der Waals surface area contributed by atoms with Crippen molar-refractivity contribution >= 4 is 5.71 Å². The van der Waals surface area contributed by atoms with Gasteiger partial charge in [-0.25, -0.2) is 0 Å². The monoisotopic (exact) mass is 359 g/mol. The standard InChI is InChI=1S/C19H21NO6/c1-22-15-6-5-11(7-14(15)21)16-10-13(20-26-16)12-8-17(23-2)19(25-4)18(9-12)24-3/h5-9,16,21H,10H2,1-4H3. The van der Waals surface area contributed by atoms with E-state index in [9.17, 15) is 5.11 Å². The minimum absolute atomic E-state index is 0.0647. The lowest BCUT2D eigenvalue weighted by molar-refractivity contribution is 0.0855. The van der Waals surface area contributed by atoms with Gasteiger partial charge in [-0.05, 0) is 29.8 Å². The number of hydrogen-bond donors (Lipinski definition) is 1. The van der Waals surface area contributed by atoms with Crippen LogP contribution in [-0.2, 0) is 4.84 Å². The summed E-state index contributed by atoms with van der Waals surface area (Å²) in [5, 5.41) is 14.2. The molecule has 0 spiro atoms. The van der Waals surface area contributed by atoms with Gasteiger partial charge in [-0.1, -0.05) is 11.2 Å². The van der Waals surface area contributed by atoms with Crippen LogP contribution < -0.4 is 18.9 Å². The Hall–Kier alpha value is -3.09. The first-order valence-corrected chi connectivity index (χ1v) is 8.01. The van der Waals surface area contributed by atoms with Crippen LogP contribution in [0.25, 0.3) is 0 Å². The average molecular weight is 359 g/mol. The normalized spacial score (nSPS) is 15.8. The predicted molar refractivity (Wildman–Crippen MR) is 95.7 cm³/mol. The van der Waals surface area contributed by atoms with Crippen LogP contribution in [0.15, 0.2) is 35.5 Å². The summed E-state index contributed by atoms with van der Waals surface area (Å²) in [6.45, 7) is 0. The molecule has 1 heterocycles. The number of benzene rings is 2. The maximum Gasteiger partial charge on any atom is 0.203 e. The van der Waals surface area contributed by atoms with Crippen LogP contribution in [0.5, 0.6) is 28.7 Å². The molecule has 0 aromatic heterocycles. The number of hydrogen-bond acceptors (Lipinski definition) is 7. The van der Waals surface area contributed by atoms with Gasteiger partial charge in [0.15, 0.2) is 29.1 Å². The van der Waals surface area contributed by atoms with Crippen molar-refractivity contribution in [3.05, 3.63) is 41.5 Å². The first kappa shape index (κ1) is 17.7. The van der Waals surface area contributed by atoms with Crippen LogP contribution in [0.1, 0.15) is 23.7 Å². The molecule has 2 aromatic carbocycles. The third-order valence-electron chi connectivity index (χ3n) is 4.24. The van der Waals surface area contributed by atoms with E-state index in [2.05, 4.69) is 5.16 Å². The highest BCUT2D eigenvalue weighted by molar-refractivity contribution is 6.02. The number of phenols is 1. The second kappa shape index (κ2) is 7.43. The number of aromatic hydroxyl groups is 1. The van der Waals surface area contributed by atoms with Gasteiger partial charge in [-0.15, -0.1) is 0 Å². The molecule has 0 aliphatic carbocycles. The number of nitrogens with zero attached hydrogens (tertiary/aromatic N) is 1. The fourth-order valence-corrected chi connectivity index (χ4v) is 2.88. The lowest BCUT2D eigenvalue weighted by atomic mass is 9.99. The fourth-order valence-electron chi connectivity index (χ4n) is 2.88.